The average molecular weight is 403 g/mol. The zero-order chi connectivity index (χ0) is 19.8. The van der Waals surface area contributed by atoms with Gasteiger partial charge in [-0.2, -0.15) is 17.9 Å². The Morgan fingerprint density at radius 3 is 2.24 bits per heavy atom. The van der Waals surface area contributed by atoms with Crippen molar-refractivity contribution in [3.8, 4) is 0 Å². The van der Waals surface area contributed by atoms with E-state index in [1.54, 1.807) is 24.3 Å². The van der Waals surface area contributed by atoms with Gasteiger partial charge in [0.15, 0.2) is 0 Å². The first-order valence-corrected chi connectivity index (χ1v) is 11.4. The maximum absolute atomic E-state index is 13.6. The van der Waals surface area contributed by atoms with E-state index in [0.717, 1.165) is 36.1 Å². The highest BCUT2D eigenvalue weighted by molar-refractivity contribution is 7.89. The standard InChI is InChI=1S/C24H22N2O2S/c27-29(28,20-14-5-2-6-15-20)26-24(19-11-3-1-4-12-19)22-17-9-13-18-10-7-8-16-21(18)23(22)25-26/h1-8,10-12,14-16,22,24H,9,13,17H2/t22-,24?/m1/s1. The Kier molecular flexibility index (Phi) is 4.47. The summed E-state index contributed by atoms with van der Waals surface area (Å²) in [6.07, 6.45) is 2.93. The first-order valence-electron chi connectivity index (χ1n) is 9.97. The number of nitrogens with zero attached hydrogens (tertiary/aromatic N) is 2. The van der Waals surface area contributed by atoms with Crippen LogP contribution in [-0.4, -0.2) is 18.5 Å². The number of hydrazone groups is 1. The first-order chi connectivity index (χ1) is 14.2. The molecule has 1 unspecified atom stereocenters. The Hall–Kier alpha value is -2.92. The molecule has 1 heterocycles. The molecule has 3 aromatic carbocycles. The van der Waals surface area contributed by atoms with E-state index in [2.05, 4.69) is 12.1 Å². The fourth-order valence-electron chi connectivity index (χ4n) is 4.51. The third-order valence-corrected chi connectivity index (χ3v) is 7.53. The molecule has 0 bridgehead atoms. The van der Waals surface area contributed by atoms with Crippen LogP contribution < -0.4 is 0 Å². The highest BCUT2D eigenvalue weighted by Crippen LogP contribution is 2.45. The number of hydrogen-bond acceptors (Lipinski definition) is 3. The summed E-state index contributed by atoms with van der Waals surface area (Å²) in [5, 5.41) is 4.78. The quantitative estimate of drug-likeness (QED) is 0.632. The summed E-state index contributed by atoms with van der Waals surface area (Å²) in [4.78, 5) is 0.273. The fourth-order valence-corrected chi connectivity index (χ4v) is 5.99. The van der Waals surface area contributed by atoms with Crippen molar-refractivity contribution in [2.45, 2.75) is 30.2 Å². The lowest BCUT2D eigenvalue weighted by molar-refractivity contribution is 0.313. The smallest absolute Gasteiger partial charge is 0.200 e. The van der Waals surface area contributed by atoms with Crippen LogP contribution in [0.4, 0.5) is 0 Å². The Labute approximate surface area is 171 Å². The summed E-state index contributed by atoms with van der Waals surface area (Å²) in [6, 6.07) is 26.4. The second-order valence-electron chi connectivity index (χ2n) is 7.59. The Morgan fingerprint density at radius 1 is 0.828 bits per heavy atom. The molecule has 2 atom stereocenters. The van der Waals surface area contributed by atoms with E-state index in [-0.39, 0.29) is 16.9 Å². The average Bonchev–Trinajstić information content (AvgIpc) is 3.06. The summed E-state index contributed by atoms with van der Waals surface area (Å²) in [7, 11) is -3.76. The van der Waals surface area contributed by atoms with Crippen LogP contribution in [0.2, 0.25) is 0 Å². The monoisotopic (exact) mass is 402 g/mol. The van der Waals surface area contributed by atoms with E-state index in [1.807, 2.05) is 48.5 Å². The largest absolute Gasteiger partial charge is 0.279 e. The molecular weight excluding hydrogens is 380 g/mol. The van der Waals surface area contributed by atoms with Crippen LogP contribution in [0.15, 0.2) is 94.9 Å². The summed E-state index contributed by atoms with van der Waals surface area (Å²) < 4.78 is 28.5. The van der Waals surface area contributed by atoms with E-state index < -0.39 is 10.0 Å². The van der Waals surface area contributed by atoms with Crippen LogP contribution in [0.25, 0.3) is 0 Å². The molecule has 0 N–H and O–H groups in total. The van der Waals surface area contributed by atoms with Gasteiger partial charge >= 0.3 is 0 Å². The van der Waals surface area contributed by atoms with Crippen molar-refractivity contribution < 1.29 is 8.42 Å². The summed E-state index contributed by atoms with van der Waals surface area (Å²) in [5.41, 5.74) is 4.21. The SMILES string of the molecule is O=S(=O)(c1ccccc1)N1N=C2c3ccccc3CCC[C@H]2C1c1ccccc1. The van der Waals surface area contributed by atoms with Crippen LogP contribution in [0.3, 0.4) is 0 Å². The minimum Gasteiger partial charge on any atom is -0.200 e. The van der Waals surface area contributed by atoms with Crippen molar-refractivity contribution >= 4 is 15.7 Å². The number of sulfonamides is 1. The molecule has 0 saturated heterocycles. The lowest BCUT2D eigenvalue weighted by atomic mass is 9.86. The van der Waals surface area contributed by atoms with Gasteiger partial charge in [-0.15, -0.1) is 0 Å². The molecule has 0 amide bonds. The zero-order valence-corrected chi connectivity index (χ0v) is 16.8. The van der Waals surface area contributed by atoms with Gasteiger partial charge in [-0.1, -0.05) is 72.8 Å². The highest BCUT2D eigenvalue weighted by atomic mass is 32.2. The third kappa shape index (κ3) is 3.06. The van der Waals surface area contributed by atoms with E-state index in [0.29, 0.717) is 0 Å². The molecule has 0 radical (unpaired) electrons. The van der Waals surface area contributed by atoms with Crippen molar-refractivity contribution in [2.24, 2.45) is 11.0 Å². The number of hydrogen-bond donors (Lipinski definition) is 0. The molecule has 5 rings (SSSR count). The second kappa shape index (κ2) is 7.16. The second-order valence-corrected chi connectivity index (χ2v) is 9.38. The number of fused-ring (bicyclic) bond motifs is 3. The van der Waals surface area contributed by atoms with E-state index in [1.165, 1.54) is 9.98 Å². The van der Waals surface area contributed by atoms with E-state index in [4.69, 9.17) is 5.10 Å². The Bertz CT molecular complexity index is 1160. The van der Waals surface area contributed by atoms with Gasteiger partial charge < -0.3 is 0 Å². The molecular formula is C24H22N2O2S. The van der Waals surface area contributed by atoms with Crippen molar-refractivity contribution in [2.75, 3.05) is 0 Å². The Morgan fingerprint density at radius 2 is 1.48 bits per heavy atom. The molecule has 0 saturated carbocycles. The van der Waals surface area contributed by atoms with Crippen LogP contribution >= 0.6 is 0 Å². The minimum absolute atomic E-state index is 0.0412. The Balaban J connectivity index is 1.70. The van der Waals surface area contributed by atoms with Gasteiger partial charge in [0.25, 0.3) is 10.0 Å². The van der Waals surface area contributed by atoms with Crippen molar-refractivity contribution in [3.63, 3.8) is 0 Å². The van der Waals surface area contributed by atoms with Crippen LogP contribution in [0, 0.1) is 5.92 Å². The van der Waals surface area contributed by atoms with Gasteiger partial charge in [0, 0.05) is 11.5 Å². The van der Waals surface area contributed by atoms with Crippen LogP contribution in [0.1, 0.15) is 35.6 Å². The predicted octanol–water partition coefficient (Wildman–Crippen LogP) is 4.79. The number of aryl methyl sites for hydroxylation is 1. The van der Waals surface area contributed by atoms with Gasteiger partial charge in [0.1, 0.15) is 0 Å². The molecule has 3 aromatic rings. The summed E-state index contributed by atoms with van der Waals surface area (Å²) >= 11 is 0. The first kappa shape index (κ1) is 18.1. The van der Waals surface area contributed by atoms with Gasteiger partial charge in [-0.25, -0.2) is 0 Å². The molecule has 146 valence electrons. The number of benzene rings is 3. The summed E-state index contributed by atoms with van der Waals surface area (Å²) in [6.45, 7) is 0. The van der Waals surface area contributed by atoms with Gasteiger partial charge in [0.2, 0.25) is 0 Å². The van der Waals surface area contributed by atoms with Gasteiger partial charge in [-0.3, -0.25) is 0 Å². The van der Waals surface area contributed by atoms with Crippen molar-refractivity contribution in [1.82, 2.24) is 4.41 Å². The molecule has 29 heavy (non-hydrogen) atoms. The minimum atomic E-state index is -3.76. The molecule has 1 aliphatic carbocycles. The topological polar surface area (TPSA) is 49.7 Å². The summed E-state index contributed by atoms with van der Waals surface area (Å²) in [5.74, 6) is 0.0412. The van der Waals surface area contributed by atoms with Crippen LogP contribution in [-0.2, 0) is 16.4 Å². The predicted molar refractivity (Wildman–Crippen MR) is 114 cm³/mol. The van der Waals surface area contributed by atoms with Gasteiger partial charge in [-0.05, 0) is 42.5 Å². The lowest BCUT2D eigenvalue weighted by Crippen LogP contribution is -2.31. The highest BCUT2D eigenvalue weighted by Gasteiger charge is 2.45. The lowest BCUT2D eigenvalue weighted by Gasteiger charge is -2.27. The molecule has 4 nitrogen and oxygen atoms in total. The van der Waals surface area contributed by atoms with Crippen LogP contribution in [0.5, 0.6) is 0 Å². The zero-order valence-electron chi connectivity index (χ0n) is 16.0. The molecule has 2 aliphatic rings. The molecule has 0 aromatic heterocycles. The molecule has 0 fully saturated rings. The van der Waals surface area contributed by atoms with E-state index in [9.17, 15) is 8.42 Å². The molecule has 5 heteroatoms. The van der Waals surface area contributed by atoms with Gasteiger partial charge in [0.05, 0.1) is 16.6 Å². The normalized spacial score (nSPS) is 21.1. The number of rotatable bonds is 3. The van der Waals surface area contributed by atoms with Crippen molar-refractivity contribution in [1.29, 1.82) is 0 Å². The van der Waals surface area contributed by atoms with Crippen molar-refractivity contribution in [3.05, 3.63) is 102 Å². The van der Waals surface area contributed by atoms with E-state index >= 15 is 0 Å². The maximum Gasteiger partial charge on any atom is 0.279 e. The molecule has 1 aliphatic heterocycles. The fraction of sp³-hybridized carbons (Fsp3) is 0.208. The maximum atomic E-state index is 13.6. The third-order valence-electron chi connectivity index (χ3n) is 5.86. The molecule has 0 spiro atoms.